The van der Waals surface area contributed by atoms with Crippen LogP contribution in [0, 0.1) is 17.0 Å². The average Bonchev–Trinajstić information content (AvgIpc) is 2.53. The molecule has 1 amide bonds. The molecule has 1 aliphatic heterocycles. The summed E-state index contributed by atoms with van der Waals surface area (Å²) >= 11 is 0. The Kier molecular flexibility index (Phi) is 5.35. The molecule has 7 heteroatoms. The highest BCUT2D eigenvalue weighted by Gasteiger charge is 2.25. The average molecular weight is 348 g/mol. The lowest BCUT2D eigenvalue weighted by atomic mass is 9.95. The Labute approximate surface area is 147 Å². The van der Waals surface area contributed by atoms with Crippen molar-refractivity contribution < 1.29 is 19.2 Å². The highest BCUT2D eigenvalue weighted by Crippen LogP contribution is 2.35. The molecule has 0 fully saturated rings. The number of methoxy groups -OCH3 is 1. The topological polar surface area (TPSA) is 81.9 Å². The summed E-state index contributed by atoms with van der Waals surface area (Å²) in [6.45, 7) is 8.33. The quantitative estimate of drug-likeness (QED) is 0.610. The Balaban J connectivity index is 2.21. The van der Waals surface area contributed by atoms with Crippen LogP contribution >= 0.6 is 0 Å². The molecule has 25 heavy (non-hydrogen) atoms. The minimum atomic E-state index is -0.524. The molecule has 0 saturated carbocycles. The van der Waals surface area contributed by atoms with Gasteiger partial charge in [-0.3, -0.25) is 10.1 Å². The number of nitro benzene ring substituents is 1. The normalized spacial score (nSPS) is 14.8. The van der Waals surface area contributed by atoms with E-state index in [1.54, 1.807) is 11.0 Å². The number of hydrogen-bond donors (Lipinski definition) is 0. The van der Waals surface area contributed by atoms with Gasteiger partial charge in [0.25, 0.3) is 0 Å². The summed E-state index contributed by atoms with van der Waals surface area (Å²) in [6.07, 6.45) is 2.28. The van der Waals surface area contributed by atoms with Gasteiger partial charge in [-0.25, -0.2) is 4.79 Å². The van der Waals surface area contributed by atoms with E-state index in [1.165, 1.54) is 13.2 Å². The van der Waals surface area contributed by atoms with Crippen LogP contribution in [0.4, 0.5) is 10.5 Å². The number of aryl methyl sites for hydroxylation is 1. The first-order valence-corrected chi connectivity index (χ1v) is 8.12. The minimum Gasteiger partial charge on any atom is -0.490 e. The molecule has 0 aromatic heterocycles. The lowest BCUT2D eigenvalue weighted by Gasteiger charge is -2.30. The molecule has 1 aromatic carbocycles. The first-order valence-electron chi connectivity index (χ1n) is 8.12. The Morgan fingerprint density at radius 1 is 1.32 bits per heavy atom. The number of nitro groups is 1. The molecular weight excluding hydrogens is 324 g/mol. The van der Waals surface area contributed by atoms with Gasteiger partial charge in [-0.2, -0.15) is 0 Å². The van der Waals surface area contributed by atoms with Crippen LogP contribution in [-0.4, -0.2) is 41.7 Å². The van der Waals surface area contributed by atoms with Gasteiger partial charge in [0.1, 0.15) is 5.60 Å². The largest absolute Gasteiger partial charge is 0.490 e. The third-order valence-corrected chi connectivity index (χ3v) is 3.93. The molecule has 0 atom stereocenters. The van der Waals surface area contributed by atoms with Crippen LogP contribution in [0.2, 0.25) is 0 Å². The van der Waals surface area contributed by atoms with Crippen molar-refractivity contribution >= 4 is 17.4 Å². The second-order valence-electron chi connectivity index (χ2n) is 7.00. The molecule has 0 aliphatic carbocycles. The number of benzene rings is 1. The summed E-state index contributed by atoms with van der Waals surface area (Å²) < 4.78 is 10.5. The van der Waals surface area contributed by atoms with Crippen molar-refractivity contribution in [3.63, 3.8) is 0 Å². The summed E-state index contributed by atoms with van der Waals surface area (Å²) in [4.78, 5) is 24.4. The molecule has 7 nitrogen and oxygen atoms in total. The van der Waals surface area contributed by atoms with Crippen molar-refractivity contribution in [1.82, 2.24) is 4.90 Å². The van der Waals surface area contributed by atoms with Crippen LogP contribution in [0.3, 0.4) is 0 Å². The van der Waals surface area contributed by atoms with Gasteiger partial charge in [-0.05, 0) is 56.9 Å². The van der Waals surface area contributed by atoms with Crippen molar-refractivity contribution in [2.45, 2.75) is 39.7 Å². The lowest BCUT2D eigenvalue weighted by Crippen LogP contribution is -2.39. The maximum atomic E-state index is 12.1. The minimum absolute atomic E-state index is 0.0458. The zero-order chi connectivity index (χ0) is 18.8. The van der Waals surface area contributed by atoms with E-state index < -0.39 is 10.5 Å². The van der Waals surface area contributed by atoms with Crippen LogP contribution in [-0.2, 0) is 4.74 Å². The van der Waals surface area contributed by atoms with E-state index in [2.05, 4.69) is 0 Å². The van der Waals surface area contributed by atoms with Crippen LogP contribution in [0.25, 0.3) is 5.57 Å². The van der Waals surface area contributed by atoms with Gasteiger partial charge in [0.05, 0.1) is 12.0 Å². The zero-order valence-corrected chi connectivity index (χ0v) is 15.3. The van der Waals surface area contributed by atoms with Gasteiger partial charge in [0.15, 0.2) is 5.75 Å². The SMILES string of the molecule is COc1cc(C2=CCN(C(=O)OC(C)(C)C)CC2)c(C)cc1[N+](=O)[O-]. The fraction of sp³-hybridized carbons (Fsp3) is 0.500. The number of ether oxygens (including phenoxy) is 2. The molecule has 1 aliphatic rings. The highest BCUT2D eigenvalue weighted by atomic mass is 16.6. The molecule has 136 valence electrons. The molecule has 0 bridgehead atoms. The van der Waals surface area contributed by atoms with Gasteiger partial charge < -0.3 is 14.4 Å². The monoisotopic (exact) mass is 348 g/mol. The van der Waals surface area contributed by atoms with E-state index in [9.17, 15) is 14.9 Å². The fourth-order valence-electron chi connectivity index (χ4n) is 2.73. The summed E-state index contributed by atoms with van der Waals surface area (Å²) in [6, 6.07) is 3.22. The molecule has 0 spiro atoms. The predicted molar refractivity (Wildman–Crippen MR) is 94.8 cm³/mol. The molecule has 2 rings (SSSR count). The first kappa shape index (κ1) is 18.8. The van der Waals surface area contributed by atoms with E-state index in [-0.39, 0.29) is 17.5 Å². The summed E-state index contributed by atoms with van der Waals surface area (Å²) in [5.41, 5.74) is 2.19. The zero-order valence-electron chi connectivity index (χ0n) is 15.3. The summed E-state index contributed by atoms with van der Waals surface area (Å²) in [5.74, 6) is 0.237. The number of amides is 1. The van der Waals surface area contributed by atoms with E-state index >= 15 is 0 Å². The van der Waals surface area contributed by atoms with E-state index in [1.807, 2.05) is 33.8 Å². The number of hydrogen-bond acceptors (Lipinski definition) is 5. The number of rotatable bonds is 3. The predicted octanol–water partition coefficient (Wildman–Crippen LogP) is 3.94. The molecule has 0 saturated heterocycles. The van der Waals surface area contributed by atoms with Crippen molar-refractivity contribution in [3.05, 3.63) is 39.4 Å². The fourth-order valence-corrected chi connectivity index (χ4v) is 2.73. The lowest BCUT2D eigenvalue weighted by molar-refractivity contribution is -0.385. The van der Waals surface area contributed by atoms with Crippen LogP contribution in [0.5, 0.6) is 5.75 Å². The standard InChI is InChI=1S/C18H24N2O5/c1-12-10-15(20(22)23)16(24-5)11-14(12)13-6-8-19(9-7-13)17(21)25-18(2,3)4/h6,10-11H,7-9H2,1-5H3. The molecule has 1 aromatic rings. The van der Waals surface area contributed by atoms with Crippen molar-refractivity contribution in [2.24, 2.45) is 0 Å². The second kappa shape index (κ2) is 7.13. The Morgan fingerprint density at radius 2 is 2.00 bits per heavy atom. The smallest absolute Gasteiger partial charge is 0.410 e. The Morgan fingerprint density at radius 3 is 2.48 bits per heavy atom. The van der Waals surface area contributed by atoms with Crippen LogP contribution in [0.1, 0.15) is 38.3 Å². The van der Waals surface area contributed by atoms with Gasteiger partial charge in [0, 0.05) is 19.2 Å². The van der Waals surface area contributed by atoms with E-state index in [0.717, 1.165) is 16.7 Å². The first-order chi connectivity index (χ1) is 11.6. The van der Waals surface area contributed by atoms with Crippen molar-refractivity contribution in [1.29, 1.82) is 0 Å². The van der Waals surface area contributed by atoms with E-state index in [4.69, 9.17) is 9.47 Å². The summed E-state index contributed by atoms with van der Waals surface area (Å²) in [5, 5.41) is 11.1. The van der Waals surface area contributed by atoms with Gasteiger partial charge in [-0.1, -0.05) is 6.08 Å². The van der Waals surface area contributed by atoms with Gasteiger partial charge >= 0.3 is 11.8 Å². The Hall–Kier alpha value is -2.57. The van der Waals surface area contributed by atoms with E-state index in [0.29, 0.717) is 19.5 Å². The second-order valence-corrected chi connectivity index (χ2v) is 7.00. The van der Waals surface area contributed by atoms with Gasteiger partial charge in [0.2, 0.25) is 0 Å². The van der Waals surface area contributed by atoms with Crippen LogP contribution in [0.15, 0.2) is 18.2 Å². The molecule has 0 N–H and O–H groups in total. The summed E-state index contributed by atoms with van der Waals surface area (Å²) in [7, 11) is 1.42. The highest BCUT2D eigenvalue weighted by molar-refractivity contribution is 5.75. The maximum Gasteiger partial charge on any atom is 0.410 e. The van der Waals surface area contributed by atoms with Crippen molar-refractivity contribution in [2.75, 3.05) is 20.2 Å². The molecular formula is C18H24N2O5. The number of nitrogens with zero attached hydrogens (tertiary/aromatic N) is 2. The third kappa shape index (κ3) is 4.49. The molecule has 0 unspecified atom stereocenters. The molecule has 1 heterocycles. The number of carbonyl (C=O) groups is 1. The van der Waals surface area contributed by atoms with Crippen LogP contribution < -0.4 is 4.74 Å². The van der Waals surface area contributed by atoms with Gasteiger partial charge in [-0.15, -0.1) is 0 Å². The maximum absolute atomic E-state index is 12.1. The van der Waals surface area contributed by atoms with Crippen molar-refractivity contribution in [3.8, 4) is 5.75 Å². The molecule has 0 radical (unpaired) electrons. The Bertz CT molecular complexity index is 719. The number of carbonyl (C=O) groups excluding carboxylic acids is 1. The third-order valence-electron chi connectivity index (χ3n) is 3.93.